The summed E-state index contributed by atoms with van der Waals surface area (Å²) in [5, 5.41) is 0. The van der Waals surface area contributed by atoms with Crippen LogP contribution in [0.15, 0.2) is 0 Å². The minimum Gasteiger partial charge on any atom is -0.207 e. The minimum atomic E-state index is -4.22. The molecule has 0 aromatic heterocycles. The Morgan fingerprint density at radius 1 is 0.457 bits per heavy atom. The van der Waals surface area contributed by atoms with Crippen molar-refractivity contribution in [1.82, 2.24) is 0 Å². The van der Waals surface area contributed by atoms with Crippen LogP contribution in [0.1, 0.15) is 5.56 Å². The maximum absolute atomic E-state index is 16.8. The van der Waals surface area contributed by atoms with Crippen molar-refractivity contribution < 1.29 is 66.5 Å². The molecule has 0 fully saturated rings. The number of benzene rings is 4. The van der Waals surface area contributed by atoms with Crippen molar-refractivity contribution in [3.8, 4) is 0 Å². The summed E-state index contributed by atoms with van der Waals surface area (Å²) >= 11 is 8.88. The zero-order valence-electron chi connectivity index (χ0n) is 21.5. The Labute approximate surface area is 373 Å². The van der Waals surface area contributed by atoms with E-state index in [1.165, 1.54) is 158 Å². The Kier molecular flexibility index (Phi) is 14.0. The lowest BCUT2D eigenvalue weighted by molar-refractivity contribution is -0.339. The van der Waals surface area contributed by atoms with Crippen LogP contribution >= 0.6 is 179 Å². The van der Waals surface area contributed by atoms with Gasteiger partial charge in [-0.1, -0.05) is 25.2 Å². The van der Waals surface area contributed by atoms with Gasteiger partial charge in [-0.25, -0.2) is 43.9 Å². The van der Waals surface area contributed by atoms with Crippen LogP contribution < -0.4 is 44.4 Å². The van der Waals surface area contributed by atoms with Crippen molar-refractivity contribution in [3.63, 3.8) is 0 Å². The summed E-state index contributed by atoms with van der Waals surface area (Å²) < 4.78 is 158. The van der Waals surface area contributed by atoms with E-state index < -0.39 is 141 Å². The van der Waals surface area contributed by atoms with E-state index in [-0.39, 0.29) is 3.57 Å². The Bertz CT molecular complexity index is 1780. The number of halogens is 19. The predicted molar refractivity (Wildman–Crippen MR) is 223 cm³/mol. The van der Waals surface area contributed by atoms with E-state index in [1.807, 2.05) is 0 Å². The zero-order valence-corrected chi connectivity index (χ0v) is 41.1. The van der Waals surface area contributed by atoms with E-state index in [9.17, 15) is 0 Å². The molecule has 4 rings (SSSR count). The number of hydrogen-bond donors (Lipinski definition) is 0. The van der Waals surface area contributed by atoms with Crippen LogP contribution in [0.25, 0.3) is 0 Å². The second-order valence-electron chi connectivity index (χ2n) is 9.26. The van der Waals surface area contributed by atoms with Crippen molar-refractivity contribution >= 4 is 211 Å². The summed E-state index contributed by atoms with van der Waals surface area (Å²) in [5.74, 6) is -16.4. The van der Waals surface area contributed by atoms with E-state index >= 15 is 43.9 Å². The normalized spacial score (nSPS) is 13.0. The summed E-state index contributed by atoms with van der Waals surface area (Å²) in [4.78, 5) is 0. The molecule has 4 aromatic carbocycles. The Hall–Kier alpha value is 2.68. The Balaban J connectivity index is 2.73. The molecule has 4 aromatic rings. The first-order valence-corrected chi connectivity index (χ1v) is 22.8. The highest BCUT2D eigenvalue weighted by molar-refractivity contribution is 14.2. The van der Waals surface area contributed by atoms with Crippen molar-refractivity contribution in [1.29, 1.82) is 0 Å². The fraction of sp³-hybridized carbons (Fsp3) is 0.0385. The van der Waals surface area contributed by atoms with Crippen LogP contribution in [0.2, 0.25) is 0 Å². The molecule has 0 radical (unpaired) electrons. The average molecular weight is 1660 g/mol. The first-order valence-electron chi connectivity index (χ1n) is 11.5. The van der Waals surface area contributed by atoms with E-state index in [2.05, 4.69) is 4.51 Å². The van der Waals surface area contributed by atoms with Crippen molar-refractivity contribution in [2.75, 3.05) is 0 Å². The van der Waals surface area contributed by atoms with Gasteiger partial charge in [0.1, 0.15) is 29.4 Å². The fourth-order valence-corrected chi connectivity index (χ4v) is 16.5. The second-order valence-corrected chi connectivity index (χ2v) is 19.8. The van der Waals surface area contributed by atoms with Crippen LogP contribution in [0.3, 0.4) is 0 Å². The minimum absolute atomic E-state index is 0.353. The van der Waals surface area contributed by atoms with E-state index in [1.54, 1.807) is 0 Å². The molecule has 0 aliphatic rings. The largest absolute Gasteiger partial charge is 0.303 e. The maximum atomic E-state index is 16.8. The van der Waals surface area contributed by atoms with Crippen LogP contribution in [0.5, 0.6) is 0 Å². The SMILES string of the molecule is C=Ic1c(I)c(F)c(F)c(F)c1[B-](c1c(C)c(F)c([IH+])c(F)c1I)(c1c(F)c(F)c(F)c(I)c1I)c1c(I)c(F)c(I)c(F)c1I. The topological polar surface area (TPSA) is 0 Å². The third kappa shape index (κ3) is 6.27. The monoisotopic (exact) mass is 1660 g/mol. The molecule has 0 saturated heterocycles. The second kappa shape index (κ2) is 15.6. The standard InChI is InChI=1S/C26H6BF10I9/c1-3-4(18(38)15(35)22(42)8(3)28)27(5-9(29)11(31)13(33)24(44)21(5)41,7-19(39)16(36)23(43)17(37)20(7)40)6-10(30)12(32)14(34)25(45)26(6)46-2/h42H,2H2,1H3. The zero-order chi connectivity index (χ0) is 35.1. The molecule has 0 N–H and O–H groups in total. The molecule has 0 saturated carbocycles. The molecular weight excluding hydrogens is 1660 g/mol. The lowest BCUT2D eigenvalue weighted by Crippen LogP contribution is -3.34. The smallest absolute Gasteiger partial charge is 0.207 e. The third-order valence-corrected chi connectivity index (χ3v) is 19.4. The molecule has 0 amide bonds. The molecule has 0 heterocycles. The molecular formula is C26H6BF10I9. The van der Waals surface area contributed by atoms with Gasteiger partial charge < -0.3 is 0 Å². The van der Waals surface area contributed by atoms with E-state index in [0.29, 0.717) is 0 Å². The predicted octanol–water partition coefficient (Wildman–Crippen LogP) is 6.02. The fourth-order valence-electron chi connectivity index (χ4n) is 5.29. The highest BCUT2D eigenvalue weighted by Crippen LogP contribution is 2.35. The third-order valence-electron chi connectivity index (χ3n) is 7.16. The van der Waals surface area contributed by atoms with E-state index in [0.717, 1.165) is 29.5 Å². The van der Waals surface area contributed by atoms with Crippen molar-refractivity contribution in [3.05, 3.63) is 95.9 Å². The summed E-state index contributed by atoms with van der Waals surface area (Å²) in [5.41, 5.74) is -3.66. The average Bonchev–Trinajstić information content (AvgIpc) is 3.03. The molecule has 0 spiro atoms. The van der Waals surface area contributed by atoms with Gasteiger partial charge in [-0.15, -0.1) is 10.9 Å². The molecule has 1 atom stereocenters. The van der Waals surface area contributed by atoms with Gasteiger partial charge in [-0.2, -0.15) is 10.9 Å². The first kappa shape index (κ1) is 41.4. The van der Waals surface area contributed by atoms with Crippen LogP contribution in [0.4, 0.5) is 43.9 Å². The highest BCUT2D eigenvalue weighted by atomic mass is 127. The Morgan fingerprint density at radius 3 is 1.37 bits per heavy atom. The van der Waals surface area contributed by atoms with Gasteiger partial charge in [-0.3, -0.25) is 0 Å². The summed E-state index contributed by atoms with van der Waals surface area (Å²) in [6.07, 6.45) is -4.22. The van der Waals surface area contributed by atoms with E-state index in [4.69, 9.17) is 0 Å². The molecule has 0 aliphatic heterocycles. The molecule has 1 unspecified atom stereocenters. The quantitative estimate of drug-likeness (QED) is 0.0755. The lowest BCUT2D eigenvalue weighted by Gasteiger charge is -2.48. The van der Waals surface area contributed by atoms with Crippen LogP contribution in [-0.4, -0.2) is 10.7 Å². The summed E-state index contributed by atoms with van der Waals surface area (Å²) in [6.45, 7) is 1.10. The molecule has 0 nitrogen and oxygen atoms in total. The van der Waals surface area contributed by atoms with Crippen LogP contribution in [0, 0.1) is 97.2 Å². The van der Waals surface area contributed by atoms with Crippen LogP contribution in [-0.2, 0) is 0 Å². The van der Waals surface area contributed by atoms with Crippen molar-refractivity contribution in [2.45, 2.75) is 6.92 Å². The summed E-state index contributed by atoms with van der Waals surface area (Å²) in [6, 6.07) is 0. The number of hydrogen-bond acceptors (Lipinski definition) is 0. The number of rotatable bonds is 5. The van der Waals surface area contributed by atoms with Gasteiger partial charge in [0.05, 0.1) is 10.7 Å². The van der Waals surface area contributed by atoms with Gasteiger partial charge in [0.2, 0.25) is 0 Å². The van der Waals surface area contributed by atoms with Gasteiger partial charge in [-0.05, 0) is 178 Å². The lowest BCUT2D eigenvalue weighted by atomic mass is 9.12. The van der Waals surface area contributed by atoms with Gasteiger partial charge in [0.25, 0.3) is 3.57 Å². The molecule has 0 bridgehead atoms. The van der Waals surface area contributed by atoms with Crippen molar-refractivity contribution in [2.24, 2.45) is 0 Å². The van der Waals surface area contributed by atoms with Gasteiger partial charge in [0, 0.05) is 10.7 Å². The molecule has 246 valence electrons. The summed E-state index contributed by atoms with van der Waals surface area (Å²) in [7, 11) is 0. The Morgan fingerprint density at radius 2 is 0.891 bits per heavy atom. The molecule has 0 aliphatic carbocycles. The molecule has 20 heteroatoms. The van der Waals surface area contributed by atoms with Gasteiger partial charge in [0.15, 0.2) is 34.9 Å². The molecule has 46 heavy (non-hydrogen) atoms. The highest BCUT2D eigenvalue weighted by Gasteiger charge is 2.48. The first-order chi connectivity index (χ1) is 21.2. The van der Waals surface area contributed by atoms with Gasteiger partial charge >= 0.3 is 22.6 Å². The maximum Gasteiger partial charge on any atom is 0.303 e.